The summed E-state index contributed by atoms with van der Waals surface area (Å²) in [5.74, 6) is 0.751. The van der Waals surface area contributed by atoms with Gasteiger partial charge in [-0.2, -0.15) is 5.10 Å². The molecule has 1 saturated carbocycles. The minimum Gasteiger partial charge on any atom is -0.311 e. The van der Waals surface area contributed by atoms with Crippen molar-refractivity contribution in [2.75, 3.05) is 6.54 Å². The number of hydrogen-bond acceptors (Lipinski definition) is 2. The molecule has 1 aliphatic rings. The molecule has 0 radical (unpaired) electrons. The van der Waals surface area contributed by atoms with E-state index in [9.17, 15) is 0 Å². The third kappa shape index (κ3) is 3.71. The van der Waals surface area contributed by atoms with Gasteiger partial charge in [0.25, 0.3) is 0 Å². The molecular weight excluding hydrogens is 234 g/mol. The Hall–Kier alpha value is -0.540. The summed E-state index contributed by atoms with van der Waals surface area (Å²) in [6.45, 7) is 4.01. The number of nitrogens with zero attached hydrogens (tertiary/aromatic N) is 2. The van der Waals surface area contributed by atoms with Crippen LogP contribution < -0.4 is 5.32 Å². The maximum absolute atomic E-state index is 6.19. The van der Waals surface area contributed by atoms with Crippen molar-refractivity contribution in [2.45, 2.75) is 44.5 Å². The third-order valence-corrected chi connectivity index (χ3v) is 3.95. The van der Waals surface area contributed by atoms with Crippen LogP contribution in [-0.2, 0) is 13.6 Å². The van der Waals surface area contributed by atoms with Gasteiger partial charge in [-0.3, -0.25) is 4.68 Å². The SMILES string of the molecule is Cc1cc(CNCC2CCCC(Cl)C2)n(C)n1. The van der Waals surface area contributed by atoms with Crippen molar-refractivity contribution in [2.24, 2.45) is 13.0 Å². The maximum Gasteiger partial charge on any atom is 0.0597 e. The Balaban J connectivity index is 1.74. The van der Waals surface area contributed by atoms with Crippen LogP contribution in [0.4, 0.5) is 0 Å². The first-order chi connectivity index (χ1) is 8.15. The fraction of sp³-hybridized carbons (Fsp3) is 0.769. The summed E-state index contributed by atoms with van der Waals surface area (Å²) < 4.78 is 1.95. The van der Waals surface area contributed by atoms with Crippen LogP contribution >= 0.6 is 11.6 Å². The molecule has 0 aromatic carbocycles. The van der Waals surface area contributed by atoms with Crippen molar-refractivity contribution in [3.8, 4) is 0 Å². The van der Waals surface area contributed by atoms with Crippen LogP contribution in [-0.4, -0.2) is 21.7 Å². The van der Waals surface area contributed by atoms with E-state index in [4.69, 9.17) is 11.6 Å². The Morgan fingerprint density at radius 3 is 3.00 bits per heavy atom. The number of nitrogens with one attached hydrogen (secondary N) is 1. The van der Waals surface area contributed by atoms with E-state index in [1.807, 2.05) is 18.7 Å². The van der Waals surface area contributed by atoms with E-state index in [0.717, 1.165) is 24.7 Å². The smallest absolute Gasteiger partial charge is 0.0597 e. The van der Waals surface area contributed by atoms with E-state index in [-0.39, 0.29) is 0 Å². The first kappa shape index (κ1) is 12.9. The standard InChI is InChI=1S/C13H22ClN3/c1-10-6-13(17(2)16-10)9-15-8-11-4-3-5-12(14)7-11/h6,11-12,15H,3-5,7-9H2,1-2H3. The van der Waals surface area contributed by atoms with E-state index in [0.29, 0.717) is 5.38 Å². The van der Waals surface area contributed by atoms with Crippen LogP contribution in [0.3, 0.4) is 0 Å². The Morgan fingerprint density at radius 1 is 1.53 bits per heavy atom. The highest BCUT2D eigenvalue weighted by molar-refractivity contribution is 6.20. The van der Waals surface area contributed by atoms with Crippen molar-refractivity contribution in [3.63, 3.8) is 0 Å². The van der Waals surface area contributed by atoms with E-state index in [2.05, 4.69) is 16.5 Å². The van der Waals surface area contributed by atoms with Gasteiger partial charge in [-0.15, -0.1) is 11.6 Å². The molecule has 1 heterocycles. The van der Waals surface area contributed by atoms with Crippen molar-refractivity contribution in [1.82, 2.24) is 15.1 Å². The molecule has 3 nitrogen and oxygen atoms in total. The van der Waals surface area contributed by atoms with Crippen LogP contribution in [0.1, 0.15) is 37.1 Å². The van der Waals surface area contributed by atoms with Crippen molar-refractivity contribution in [3.05, 3.63) is 17.5 Å². The fourth-order valence-electron chi connectivity index (χ4n) is 2.64. The molecule has 1 fully saturated rings. The van der Waals surface area contributed by atoms with Gasteiger partial charge in [0.1, 0.15) is 0 Å². The summed E-state index contributed by atoms with van der Waals surface area (Å²) in [6, 6.07) is 2.14. The highest BCUT2D eigenvalue weighted by Crippen LogP contribution is 2.27. The van der Waals surface area contributed by atoms with E-state index >= 15 is 0 Å². The Morgan fingerprint density at radius 2 is 2.35 bits per heavy atom. The normalized spacial score (nSPS) is 25.1. The monoisotopic (exact) mass is 255 g/mol. The quantitative estimate of drug-likeness (QED) is 0.839. The minimum atomic E-state index is 0.398. The molecule has 1 aromatic heterocycles. The predicted octanol–water partition coefficient (Wildman–Crippen LogP) is 2.62. The highest BCUT2D eigenvalue weighted by Gasteiger charge is 2.19. The van der Waals surface area contributed by atoms with Gasteiger partial charge in [0.15, 0.2) is 0 Å². The second kappa shape index (κ2) is 5.87. The maximum atomic E-state index is 6.19. The van der Waals surface area contributed by atoms with E-state index < -0.39 is 0 Å². The molecule has 0 bridgehead atoms. The second-order valence-electron chi connectivity index (χ2n) is 5.16. The lowest BCUT2D eigenvalue weighted by molar-refractivity contribution is 0.345. The van der Waals surface area contributed by atoms with Gasteiger partial charge >= 0.3 is 0 Å². The molecule has 4 heteroatoms. The van der Waals surface area contributed by atoms with E-state index in [1.54, 1.807) is 0 Å². The number of aromatic nitrogens is 2. The average molecular weight is 256 g/mol. The number of rotatable bonds is 4. The topological polar surface area (TPSA) is 29.9 Å². The molecule has 2 rings (SSSR count). The first-order valence-electron chi connectivity index (χ1n) is 6.49. The lowest BCUT2D eigenvalue weighted by atomic mass is 9.89. The zero-order chi connectivity index (χ0) is 12.3. The van der Waals surface area contributed by atoms with Crippen LogP contribution in [0, 0.1) is 12.8 Å². The lowest BCUT2D eigenvalue weighted by Crippen LogP contribution is -2.27. The van der Waals surface area contributed by atoms with Crippen LogP contribution in [0.25, 0.3) is 0 Å². The first-order valence-corrected chi connectivity index (χ1v) is 6.93. The summed E-state index contributed by atoms with van der Waals surface area (Å²) in [7, 11) is 2.00. The Labute approximate surface area is 109 Å². The molecule has 1 aromatic rings. The molecule has 1 N–H and O–H groups in total. The van der Waals surface area contributed by atoms with Gasteiger partial charge in [0.2, 0.25) is 0 Å². The fourth-order valence-corrected chi connectivity index (χ4v) is 3.05. The predicted molar refractivity (Wildman–Crippen MR) is 71.3 cm³/mol. The third-order valence-electron chi connectivity index (χ3n) is 3.56. The molecule has 2 unspecified atom stereocenters. The van der Waals surface area contributed by atoms with Crippen LogP contribution in [0.5, 0.6) is 0 Å². The van der Waals surface area contributed by atoms with Gasteiger partial charge in [-0.1, -0.05) is 6.42 Å². The zero-order valence-electron chi connectivity index (χ0n) is 10.7. The lowest BCUT2D eigenvalue weighted by Gasteiger charge is -2.25. The van der Waals surface area contributed by atoms with Gasteiger partial charge in [0.05, 0.1) is 11.4 Å². The Kier molecular flexibility index (Phi) is 4.46. The molecular formula is C13H22ClN3. The number of hydrogen-bond donors (Lipinski definition) is 1. The zero-order valence-corrected chi connectivity index (χ0v) is 11.5. The van der Waals surface area contributed by atoms with Crippen LogP contribution in [0.2, 0.25) is 0 Å². The summed E-state index contributed by atoms with van der Waals surface area (Å²) >= 11 is 6.19. The number of halogens is 1. The molecule has 96 valence electrons. The largest absolute Gasteiger partial charge is 0.311 e. The van der Waals surface area contributed by atoms with Gasteiger partial charge < -0.3 is 5.32 Å². The van der Waals surface area contributed by atoms with Crippen LogP contribution in [0.15, 0.2) is 6.07 Å². The number of aryl methyl sites for hydroxylation is 2. The highest BCUT2D eigenvalue weighted by atomic mass is 35.5. The molecule has 0 aliphatic heterocycles. The van der Waals surface area contributed by atoms with Gasteiger partial charge in [-0.05, 0) is 44.7 Å². The molecule has 0 saturated heterocycles. The van der Waals surface area contributed by atoms with Crippen molar-refractivity contribution >= 4 is 11.6 Å². The summed E-state index contributed by atoms with van der Waals surface area (Å²) in [6.07, 6.45) is 4.96. The molecule has 17 heavy (non-hydrogen) atoms. The van der Waals surface area contributed by atoms with Crippen molar-refractivity contribution < 1.29 is 0 Å². The minimum absolute atomic E-state index is 0.398. The summed E-state index contributed by atoms with van der Waals surface area (Å²) in [5, 5.41) is 8.27. The molecule has 2 atom stereocenters. The van der Waals surface area contributed by atoms with E-state index in [1.165, 1.54) is 31.4 Å². The summed E-state index contributed by atoms with van der Waals surface area (Å²) in [4.78, 5) is 0. The average Bonchev–Trinajstić information content (AvgIpc) is 2.58. The van der Waals surface area contributed by atoms with Crippen molar-refractivity contribution in [1.29, 1.82) is 0 Å². The second-order valence-corrected chi connectivity index (χ2v) is 5.78. The van der Waals surface area contributed by atoms with Gasteiger partial charge in [0, 0.05) is 19.0 Å². The molecule has 0 amide bonds. The Bertz CT molecular complexity index is 362. The molecule has 0 spiro atoms. The summed E-state index contributed by atoms with van der Waals surface area (Å²) in [5.41, 5.74) is 2.34. The molecule has 1 aliphatic carbocycles. The number of alkyl halides is 1. The van der Waals surface area contributed by atoms with Gasteiger partial charge in [-0.25, -0.2) is 0 Å².